The Balaban J connectivity index is 1.32. The zero-order valence-electron chi connectivity index (χ0n) is 19.5. The molecule has 0 saturated carbocycles. The first-order valence-corrected chi connectivity index (χ1v) is 12.2. The van der Waals surface area contributed by atoms with Crippen LogP contribution < -0.4 is 10.6 Å². The number of amides is 1. The van der Waals surface area contributed by atoms with Gasteiger partial charge in [0, 0.05) is 55.4 Å². The van der Waals surface area contributed by atoms with Gasteiger partial charge in [0.25, 0.3) is 5.91 Å². The maximum atomic E-state index is 13.3. The average Bonchev–Trinajstić information content (AvgIpc) is 3.48. The molecule has 178 valence electrons. The van der Waals surface area contributed by atoms with E-state index in [2.05, 4.69) is 40.5 Å². The van der Waals surface area contributed by atoms with Crippen LogP contribution in [0.1, 0.15) is 45.7 Å². The molecule has 5 rings (SSSR count). The summed E-state index contributed by atoms with van der Waals surface area (Å²) in [6, 6.07) is 3.85. The Hall–Kier alpha value is -3.20. The van der Waals surface area contributed by atoms with Crippen LogP contribution in [-0.4, -0.2) is 70.8 Å². The highest BCUT2D eigenvalue weighted by atomic mass is 32.1. The average molecular weight is 481 g/mol. The smallest absolute Gasteiger partial charge is 0.255 e. The summed E-state index contributed by atoms with van der Waals surface area (Å²) in [7, 11) is 1.76. The van der Waals surface area contributed by atoms with Crippen molar-refractivity contribution in [3.63, 3.8) is 0 Å². The summed E-state index contributed by atoms with van der Waals surface area (Å²) < 4.78 is 7.02. The molecule has 0 radical (unpaired) electrons. The second-order valence-electron chi connectivity index (χ2n) is 9.09. The summed E-state index contributed by atoms with van der Waals surface area (Å²) in [6.45, 7) is 9.15. The second-order valence-corrected chi connectivity index (χ2v) is 10.2. The van der Waals surface area contributed by atoms with Gasteiger partial charge in [-0.1, -0.05) is 0 Å². The third-order valence-corrected chi connectivity index (χ3v) is 7.97. The minimum Gasteiger partial charge on any atom is -0.379 e. The van der Waals surface area contributed by atoms with Crippen molar-refractivity contribution < 1.29 is 9.53 Å². The van der Waals surface area contributed by atoms with E-state index in [9.17, 15) is 10.1 Å². The molecule has 1 saturated heterocycles. The van der Waals surface area contributed by atoms with E-state index in [-0.39, 0.29) is 17.5 Å². The number of ether oxygens (including phenoxy) is 1. The number of aromatic nitrogens is 2. The number of aryl methyl sites for hydroxylation is 1. The van der Waals surface area contributed by atoms with Crippen molar-refractivity contribution in [2.45, 2.75) is 25.4 Å². The number of fused-ring (bicyclic) bond motifs is 1. The summed E-state index contributed by atoms with van der Waals surface area (Å²) in [5.41, 5.74) is 1.31. The maximum Gasteiger partial charge on any atom is 0.255 e. The highest BCUT2D eigenvalue weighted by molar-refractivity contribution is 7.12. The van der Waals surface area contributed by atoms with E-state index in [1.165, 1.54) is 0 Å². The molecule has 0 spiro atoms. The molecule has 0 aliphatic carbocycles. The number of thiophene rings is 1. The van der Waals surface area contributed by atoms with Crippen LogP contribution in [0.2, 0.25) is 0 Å². The summed E-state index contributed by atoms with van der Waals surface area (Å²) in [6.07, 6.45) is 5.53. The number of morpholine rings is 1. The fourth-order valence-corrected chi connectivity index (χ4v) is 5.87. The van der Waals surface area contributed by atoms with Crippen LogP contribution in [0.15, 0.2) is 29.5 Å². The van der Waals surface area contributed by atoms with Gasteiger partial charge in [-0.25, -0.2) is 4.99 Å². The molecular formula is C23H28N8O2S. The molecular weight excluding hydrogens is 452 g/mol. The van der Waals surface area contributed by atoms with Gasteiger partial charge < -0.3 is 20.3 Å². The topological polar surface area (TPSA) is 111 Å². The molecule has 10 nitrogen and oxygen atoms in total. The van der Waals surface area contributed by atoms with Crippen LogP contribution in [0.25, 0.3) is 0 Å². The zero-order chi connectivity index (χ0) is 23.9. The molecule has 3 aliphatic rings. The molecule has 3 aliphatic heterocycles. The SMILES string of the molecule is Cn1cc(NC2=NC(c3cc4c(s3)C(C)(C)N(CCN3CCOCC3)C4=O)C=CN2)c(C#N)n1. The van der Waals surface area contributed by atoms with Gasteiger partial charge >= 0.3 is 0 Å². The van der Waals surface area contributed by atoms with Crippen molar-refractivity contribution in [2.24, 2.45) is 12.0 Å². The quantitative estimate of drug-likeness (QED) is 0.673. The van der Waals surface area contributed by atoms with Crippen molar-refractivity contribution in [3.05, 3.63) is 45.6 Å². The third-order valence-electron chi connectivity index (χ3n) is 6.45. The van der Waals surface area contributed by atoms with E-state index in [0.29, 0.717) is 23.9 Å². The van der Waals surface area contributed by atoms with Crippen molar-refractivity contribution in [3.8, 4) is 6.07 Å². The Kier molecular flexibility index (Phi) is 5.89. The fourth-order valence-electron chi connectivity index (χ4n) is 4.59. The molecule has 1 unspecified atom stereocenters. The summed E-state index contributed by atoms with van der Waals surface area (Å²) >= 11 is 1.65. The van der Waals surface area contributed by atoms with Crippen LogP contribution in [0, 0.1) is 11.3 Å². The van der Waals surface area contributed by atoms with Crippen LogP contribution in [0.4, 0.5) is 5.69 Å². The monoisotopic (exact) mass is 480 g/mol. The molecule has 1 amide bonds. The van der Waals surface area contributed by atoms with E-state index in [1.54, 1.807) is 29.3 Å². The fraction of sp³-hybridized carbons (Fsp3) is 0.478. The standard InChI is InChI=1S/C23H28N8O2S/c1-23(2)20-15(21(32)31(23)7-6-30-8-10-33-11-9-30)12-19(34-20)16-4-5-25-22(26-16)27-18-14-29(3)28-17(18)13-24/h4-5,12,14,16H,6-11H2,1-3H3,(H2,25,26,27). The summed E-state index contributed by atoms with van der Waals surface area (Å²) in [5, 5.41) is 19.6. The summed E-state index contributed by atoms with van der Waals surface area (Å²) in [4.78, 5) is 24.5. The first kappa shape index (κ1) is 22.6. The number of nitriles is 1. The van der Waals surface area contributed by atoms with Gasteiger partial charge in [-0.15, -0.1) is 11.3 Å². The number of hydrogen-bond donors (Lipinski definition) is 2. The maximum absolute atomic E-state index is 13.3. The van der Waals surface area contributed by atoms with Gasteiger partial charge in [-0.3, -0.25) is 14.4 Å². The number of hydrogen-bond acceptors (Lipinski definition) is 9. The largest absolute Gasteiger partial charge is 0.379 e. The van der Waals surface area contributed by atoms with Crippen LogP contribution in [0.3, 0.4) is 0 Å². The molecule has 1 fully saturated rings. The Bertz CT molecular complexity index is 1200. The number of rotatable bonds is 5. The highest BCUT2D eigenvalue weighted by Gasteiger charge is 2.45. The van der Waals surface area contributed by atoms with Gasteiger partial charge in [0.15, 0.2) is 5.69 Å². The van der Waals surface area contributed by atoms with Crippen molar-refractivity contribution in [1.82, 2.24) is 24.9 Å². The minimum atomic E-state index is -0.361. The van der Waals surface area contributed by atoms with Crippen LogP contribution in [-0.2, 0) is 17.3 Å². The van der Waals surface area contributed by atoms with Gasteiger partial charge in [0.05, 0.1) is 30.0 Å². The predicted molar refractivity (Wildman–Crippen MR) is 130 cm³/mol. The highest BCUT2D eigenvalue weighted by Crippen LogP contribution is 2.45. The predicted octanol–water partition coefficient (Wildman–Crippen LogP) is 2.00. The number of guanidine groups is 1. The van der Waals surface area contributed by atoms with Gasteiger partial charge in [0.1, 0.15) is 12.1 Å². The van der Waals surface area contributed by atoms with E-state index in [1.807, 2.05) is 23.2 Å². The lowest BCUT2D eigenvalue weighted by Crippen LogP contribution is -2.46. The Morgan fingerprint density at radius 1 is 1.35 bits per heavy atom. The van der Waals surface area contributed by atoms with Gasteiger partial charge in [-0.2, -0.15) is 10.4 Å². The normalized spacial score (nSPS) is 21.7. The van der Waals surface area contributed by atoms with E-state index in [0.717, 1.165) is 48.2 Å². The van der Waals surface area contributed by atoms with Crippen molar-refractivity contribution in [2.75, 3.05) is 44.7 Å². The molecule has 2 aromatic rings. The van der Waals surface area contributed by atoms with E-state index in [4.69, 9.17) is 9.73 Å². The lowest BCUT2D eigenvalue weighted by Gasteiger charge is -2.35. The van der Waals surface area contributed by atoms with Crippen LogP contribution in [0.5, 0.6) is 0 Å². The molecule has 0 aromatic carbocycles. The first-order chi connectivity index (χ1) is 16.4. The van der Waals surface area contributed by atoms with Crippen molar-refractivity contribution in [1.29, 1.82) is 5.26 Å². The third kappa shape index (κ3) is 4.09. The molecule has 2 N–H and O–H groups in total. The van der Waals surface area contributed by atoms with Gasteiger partial charge in [-0.05, 0) is 26.0 Å². The molecule has 5 heterocycles. The lowest BCUT2D eigenvalue weighted by molar-refractivity contribution is 0.0263. The molecule has 11 heteroatoms. The molecule has 34 heavy (non-hydrogen) atoms. The Morgan fingerprint density at radius 2 is 2.15 bits per heavy atom. The van der Waals surface area contributed by atoms with Gasteiger partial charge in [0.2, 0.25) is 5.96 Å². The minimum absolute atomic E-state index is 0.0880. The zero-order valence-corrected chi connectivity index (χ0v) is 20.4. The van der Waals surface area contributed by atoms with Crippen molar-refractivity contribution >= 4 is 28.9 Å². The number of aliphatic imine (C=N–C) groups is 1. The number of nitrogens with one attached hydrogen (secondary N) is 2. The molecule has 1 atom stereocenters. The number of carbonyl (C=O) groups is 1. The number of nitrogens with zero attached hydrogens (tertiary/aromatic N) is 6. The lowest BCUT2D eigenvalue weighted by atomic mass is 10.0. The Labute approximate surface area is 202 Å². The van der Waals surface area contributed by atoms with Crippen LogP contribution >= 0.6 is 11.3 Å². The molecule has 2 aromatic heterocycles. The van der Waals surface area contributed by atoms with E-state index < -0.39 is 0 Å². The second kappa shape index (κ2) is 8.87. The Morgan fingerprint density at radius 3 is 2.88 bits per heavy atom. The number of carbonyl (C=O) groups excluding carboxylic acids is 1. The van der Waals surface area contributed by atoms with E-state index >= 15 is 0 Å². The molecule has 0 bridgehead atoms. The number of anilines is 1. The summed E-state index contributed by atoms with van der Waals surface area (Å²) in [5.74, 6) is 0.619. The first-order valence-electron chi connectivity index (χ1n) is 11.3.